The predicted octanol–water partition coefficient (Wildman–Crippen LogP) is 3.26. The molecule has 2 amide bonds. The van der Waals surface area contributed by atoms with Gasteiger partial charge in [-0.2, -0.15) is 0 Å². The second-order valence-corrected chi connectivity index (χ2v) is 8.46. The zero-order valence-corrected chi connectivity index (χ0v) is 16.0. The van der Waals surface area contributed by atoms with Crippen LogP contribution >= 0.6 is 11.3 Å². The van der Waals surface area contributed by atoms with E-state index in [1.165, 1.54) is 9.71 Å². The van der Waals surface area contributed by atoms with Crippen LogP contribution in [0.3, 0.4) is 0 Å². The Bertz CT molecular complexity index is 769. The highest BCUT2D eigenvalue weighted by atomic mass is 32.1. The van der Waals surface area contributed by atoms with Crippen LogP contribution in [0, 0.1) is 5.92 Å². The Labute approximate surface area is 158 Å². The van der Waals surface area contributed by atoms with Gasteiger partial charge in [-0.15, -0.1) is 11.3 Å². The average Bonchev–Trinajstić information content (AvgIpc) is 3.12. The minimum absolute atomic E-state index is 0.0876. The van der Waals surface area contributed by atoms with Crippen molar-refractivity contribution in [1.82, 2.24) is 14.8 Å². The minimum Gasteiger partial charge on any atom is -0.343 e. The third-order valence-corrected chi connectivity index (χ3v) is 6.95. The third kappa shape index (κ3) is 3.47. The van der Waals surface area contributed by atoms with E-state index in [-0.39, 0.29) is 17.7 Å². The van der Waals surface area contributed by atoms with Crippen LogP contribution in [0.2, 0.25) is 0 Å². The number of amides is 2. The van der Waals surface area contributed by atoms with Crippen molar-refractivity contribution in [3.63, 3.8) is 0 Å². The number of thiazole rings is 1. The Balaban J connectivity index is 1.33. The first-order chi connectivity index (χ1) is 12.6. The monoisotopic (exact) mass is 371 g/mol. The topological polar surface area (TPSA) is 53.5 Å². The molecule has 0 spiro atoms. The van der Waals surface area contributed by atoms with E-state index >= 15 is 0 Å². The van der Waals surface area contributed by atoms with Crippen LogP contribution in [-0.4, -0.2) is 52.8 Å². The van der Waals surface area contributed by atoms with E-state index in [2.05, 4.69) is 18.2 Å². The van der Waals surface area contributed by atoms with Crippen molar-refractivity contribution in [2.45, 2.75) is 38.5 Å². The molecule has 3 heterocycles. The lowest BCUT2D eigenvalue weighted by Gasteiger charge is -2.36. The van der Waals surface area contributed by atoms with Crippen LogP contribution in [0.4, 0.5) is 0 Å². The third-order valence-electron chi connectivity index (χ3n) is 5.76. The molecule has 0 atom stereocenters. The first kappa shape index (κ1) is 17.5. The number of carbonyl (C=O) groups is 2. The summed E-state index contributed by atoms with van der Waals surface area (Å²) in [6.45, 7) is 4.69. The minimum atomic E-state index is 0.0876. The molecule has 2 aliphatic rings. The molecule has 138 valence electrons. The van der Waals surface area contributed by atoms with Crippen molar-refractivity contribution in [2.75, 3.05) is 26.2 Å². The van der Waals surface area contributed by atoms with Crippen molar-refractivity contribution >= 4 is 33.4 Å². The van der Waals surface area contributed by atoms with E-state index in [4.69, 9.17) is 4.98 Å². The van der Waals surface area contributed by atoms with E-state index in [9.17, 15) is 9.59 Å². The quantitative estimate of drug-likeness (QED) is 0.814. The molecule has 5 nitrogen and oxygen atoms in total. The number of rotatable bonds is 2. The van der Waals surface area contributed by atoms with E-state index in [1.807, 2.05) is 15.9 Å². The van der Waals surface area contributed by atoms with Crippen LogP contribution in [-0.2, 0) is 9.59 Å². The zero-order chi connectivity index (χ0) is 18.1. The van der Waals surface area contributed by atoms with Gasteiger partial charge in [0, 0.05) is 44.9 Å². The highest BCUT2D eigenvalue weighted by molar-refractivity contribution is 7.18. The number of fused-ring (bicyclic) bond motifs is 1. The first-order valence-corrected chi connectivity index (χ1v) is 10.3. The highest BCUT2D eigenvalue weighted by Gasteiger charge is 2.32. The Morgan fingerprint density at radius 2 is 1.65 bits per heavy atom. The summed E-state index contributed by atoms with van der Waals surface area (Å²) < 4.78 is 1.25. The normalized spacial score (nSPS) is 19.9. The van der Waals surface area contributed by atoms with Gasteiger partial charge >= 0.3 is 0 Å². The molecule has 0 radical (unpaired) electrons. The molecule has 6 heteroatoms. The van der Waals surface area contributed by atoms with E-state index in [0.717, 1.165) is 44.3 Å². The van der Waals surface area contributed by atoms with Gasteiger partial charge in [-0.25, -0.2) is 4.98 Å². The van der Waals surface area contributed by atoms with Gasteiger partial charge in [-0.1, -0.05) is 12.1 Å². The maximum Gasteiger partial charge on any atom is 0.225 e. The van der Waals surface area contributed by atoms with E-state index in [0.29, 0.717) is 19.0 Å². The number of nitrogens with zero attached hydrogens (tertiary/aromatic N) is 3. The number of piperidine rings is 2. The van der Waals surface area contributed by atoms with Crippen LogP contribution in [0.25, 0.3) is 10.2 Å². The lowest BCUT2D eigenvalue weighted by molar-refractivity contribution is -0.140. The SMILES string of the molecule is CC(=O)N1CCC(C(=O)N2CCC(c3nc4ccccc4s3)CC2)CC1. The second-order valence-electron chi connectivity index (χ2n) is 7.40. The summed E-state index contributed by atoms with van der Waals surface area (Å²) in [6.07, 6.45) is 3.60. The number of aromatic nitrogens is 1. The van der Waals surface area contributed by atoms with Crippen molar-refractivity contribution in [3.05, 3.63) is 29.3 Å². The zero-order valence-electron chi connectivity index (χ0n) is 15.2. The van der Waals surface area contributed by atoms with Crippen LogP contribution in [0.15, 0.2) is 24.3 Å². The highest BCUT2D eigenvalue weighted by Crippen LogP contribution is 2.34. The van der Waals surface area contributed by atoms with Crippen LogP contribution in [0.5, 0.6) is 0 Å². The molecule has 1 aromatic heterocycles. The number of benzene rings is 1. The second kappa shape index (κ2) is 7.35. The fourth-order valence-electron chi connectivity index (χ4n) is 4.11. The summed E-state index contributed by atoms with van der Waals surface area (Å²) in [7, 11) is 0. The number of carbonyl (C=O) groups excluding carboxylic acids is 2. The fourth-order valence-corrected chi connectivity index (χ4v) is 5.25. The van der Waals surface area contributed by atoms with Crippen LogP contribution in [0.1, 0.15) is 43.5 Å². The molecule has 2 aliphatic heterocycles. The number of likely N-dealkylation sites (tertiary alicyclic amines) is 2. The molecule has 2 aromatic rings. The van der Waals surface area contributed by atoms with Gasteiger partial charge < -0.3 is 9.80 Å². The smallest absolute Gasteiger partial charge is 0.225 e. The molecular formula is C20H25N3O2S. The molecule has 26 heavy (non-hydrogen) atoms. The van der Waals surface area contributed by atoms with Gasteiger partial charge in [0.2, 0.25) is 11.8 Å². The lowest BCUT2D eigenvalue weighted by atomic mass is 9.92. The Morgan fingerprint density at radius 1 is 1.00 bits per heavy atom. The standard InChI is InChI=1S/C20H25N3O2S/c1-14(24)22-10-8-16(9-11-22)20(25)23-12-6-15(7-13-23)19-21-17-4-2-3-5-18(17)26-19/h2-5,15-16H,6-13H2,1H3. The Kier molecular flexibility index (Phi) is 4.94. The van der Waals surface area contributed by atoms with Crippen LogP contribution < -0.4 is 0 Å². The van der Waals surface area contributed by atoms with Gasteiger partial charge in [0.25, 0.3) is 0 Å². The van der Waals surface area contributed by atoms with Gasteiger partial charge in [0.05, 0.1) is 15.2 Å². The summed E-state index contributed by atoms with van der Waals surface area (Å²) in [5.41, 5.74) is 1.09. The van der Waals surface area contributed by atoms with Gasteiger partial charge in [-0.05, 0) is 37.8 Å². The number of hydrogen-bond acceptors (Lipinski definition) is 4. The average molecular weight is 372 g/mol. The molecule has 0 saturated carbocycles. The Morgan fingerprint density at radius 3 is 2.31 bits per heavy atom. The Hall–Kier alpha value is -1.95. The van der Waals surface area contributed by atoms with E-state index in [1.54, 1.807) is 18.3 Å². The van der Waals surface area contributed by atoms with Crippen molar-refractivity contribution in [1.29, 1.82) is 0 Å². The predicted molar refractivity (Wildman–Crippen MR) is 103 cm³/mol. The number of para-hydroxylation sites is 1. The van der Waals surface area contributed by atoms with E-state index < -0.39 is 0 Å². The molecule has 0 N–H and O–H groups in total. The maximum atomic E-state index is 12.8. The molecular weight excluding hydrogens is 346 g/mol. The first-order valence-electron chi connectivity index (χ1n) is 9.51. The summed E-state index contributed by atoms with van der Waals surface area (Å²) in [5.74, 6) is 0.962. The summed E-state index contributed by atoms with van der Waals surface area (Å²) in [6, 6.07) is 8.29. The molecule has 2 saturated heterocycles. The fraction of sp³-hybridized carbons (Fsp3) is 0.550. The van der Waals surface area contributed by atoms with Crippen molar-refractivity contribution in [2.24, 2.45) is 5.92 Å². The molecule has 2 fully saturated rings. The molecule has 0 unspecified atom stereocenters. The maximum absolute atomic E-state index is 12.8. The molecule has 0 aliphatic carbocycles. The summed E-state index contributed by atoms with van der Waals surface area (Å²) in [4.78, 5) is 32.9. The largest absolute Gasteiger partial charge is 0.343 e. The van der Waals surface area contributed by atoms with Gasteiger partial charge in [0.15, 0.2) is 0 Å². The molecule has 4 rings (SSSR count). The summed E-state index contributed by atoms with van der Waals surface area (Å²) in [5, 5.41) is 1.22. The molecule has 0 bridgehead atoms. The van der Waals surface area contributed by atoms with Crippen molar-refractivity contribution in [3.8, 4) is 0 Å². The van der Waals surface area contributed by atoms with Gasteiger partial charge in [-0.3, -0.25) is 9.59 Å². The summed E-state index contributed by atoms with van der Waals surface area (Å²) >= 11 is 1.79. The van der Waals surface area contributed by atoms with Crippen molar-refractivity contribution < 1.29 is 9.59 Å². The molecule has 1 aromatic carbocycles. The lowest BCUT2D eigenvalue weighted by Crippen LogP contribution is -2.46. The van der Waals surface area contributed by atoms with Gasteiger partial charge in [0.1, 0.15) is 0 Å². The number of hydrogen-bond donors (Lipinski definition) is 0.